The summed E-state index contributed by atoms with van der Waals surface area (Å²) in [5.41, 5.74) is 1.90. The number of rotatable bonds is 4. The molecule has 0 radical (unpaired) electrons. The molecule has 1 amide bonds. The molecule has 3 nitrogen and oxygen atoms in total. The highest BCUT2D eigenvalue weighted by Crippen LogP contribution is 2.03. The van der Waals surface area contributed by atoms with Crippen molar-refractivity contribution < 1.29 is 4.79 Å². The third-order valence-electron chi connectivity index (χ3n) is 1.93. The average Bonchev–Trinajstić information content (AvgIpc) is 2.20. The van der Waals surface area contributed by atoms with Crippen LogP contribution in [0.5, 0.6) is 0 Å². The van der Waals surface area contributed by atoms with Gasteiger partial charge in [0.15, 0.2) is 0 Å². The SMILES string of the molecule is CCNC(=O)c1ccc(CNC)cc1. The first kappa shape index (κ1) is 10.7. The highest BCUT2D eigenvalue weighted by Gasteiger charge is 2.02. The Balaban J connectivity index is 2.67. The van der Waals surface area contributed by atoms with Crippen molar-refractivity contribution in [3.8, 4) is 0 Å². The minimum Gasteiger partial charge on any atom is -0.352 e. The fourth-order valence-electron chi connectivity index (χ4n) is 1.24. The van der Waals surface area contributed by atoms with Crippen LogP contribution in [-0.2, 0) is 6.54 Å². The van der Waals surface area contributed by atoms with Gasteiger partial charge in [0.1, 0.15) is 0 Å². The summed E-state index contributed by atoms with van der Waals surface area (Å²) >= 11 is 0. The van der Waals surface area contributed by atoms with Crippen molar-refractivity contribution in [3.05, 3.63) is 35.4 Å². The summed E-state index contributed by atoms with van der Waals surface area (Å²) in [6, 6.07) is 7.61. The van der Waals surface area contributed by atoms with Crippen LogP contribution in [-0.4, -0.2) is 19.5 Å². The third kappa shape index (κ3) is 2.85. The number of hydrogen-bond acceptors (Lipinski definition) is 2. The highest BCUT2D eigenvalue weighted by molar-refractivity contribution is 5.94. The molecule has 1 aromatic carbocycles. The van der Waals surface area contributed by atoms with Gasteiger partial charge in [-0.15, -0.1) is 0 Å². The Bertz CT molecular complexity index is 293. The van der Waals surface area contributed by atoms with Gasteiger partial charge in [-0.25, -0.2) is 0 Å². The zero-order valence-electron chi connectivity index (χ0n) is 8.63. The molecule has 1 rings (SSSR count). The summed E-state index contributed by atoms with van der Waals surface area (Å²) in [4.78, 5) is 11.4. The molecule has 2 N–H and O–H groups in total. The Morgan fingerprint density at radius 1 is 1.29 bits per heavy atom. The van der Waals surface area contributed by atoms with Gasteiger partial charge >= 0.3 is 0 Å². The summed E-state index contributed by atoms with van der Waals surface area (Å²) in [6.07, 6.45) is 0. The molecule has 0 atom stereocenters. The molecule has 0 aromatic heterocycles. The average molecular weight is 192 g/mol. The van der Waals surface area contributed by atoms with E-state index >= 15 is 0 Å². The molecule has 0 heterocycles. The monoisotopic (exact) mass is 192 g/mol. The summed E-state index contributed by atoms with van der Waals surface area (Å²) in [7, 11) is 1.90. The van der Waals surface area contributed by atoms with Crippen molar-refractivity contribution in [1.82, 2.24) is 10.6 Å². The normalized spacial score (nSPS) is 9.86. The lowest BCUT2D eigenvalue weighted by Gasteiger charge is -2.03. The lowest BCUT2D eigenvalue weighted by atomic mass is 10.1. The minimum absolute atomic E-state index is 0.0106. The van der Waals surface area contributed by atoms with Crippen molar-refractivity contribution >= 4 is 5.91 Å². The second-order valence-corrected chi connectivity index (χ2v) is 3.09. The second-order valence-electron chi connectivity index (χ2n) is 3.09. The first-order chi connectivity index (χ1) is 6.77. The molecule has 76 valence electrons. The number of carbonyl (C=O) groups excluding carboxylic acids is 1. The van der Waals surface area contributed by atoms with Crippen LogP contribution in [0.25, 0.3) is 0 Å². The van der Waals surface area contributed by atoms with E-state index < -0.39 is 0 Å². The maximum atomic E-state index is 11.4. The van der Waals surface area contributed by atoms with Gasteiger partial charge in [0.05, 0.1) is 0 Å². The van der Waals surface area contributed by atoms with Gasteiger partial charge in [-0.2, -0.15) is 0 Å². The Morgan fingerprint density at radius 3 is 2.43 bits per heavy atom. The molecular weight excluding hydrogens is 176 g/mol. The molecule has 0 fully saturated rings. The van der Waals surface area contributed by atoms with E-state index in [0.717, 1.165) is 6.54 Å². The number of nitrogens with one attached hydrogen (secondary N) is 2. The van der Waals surface area contributed by atoms with Gasteiger partial charge in [0, 0.05) is 18.7 Å². The standard InChI is InChI=1S/C11H16N2O/c1-3-13-11(14)10-6-4-9(5-7-10)8-12-2/h4-7,12H,3,8H2,1-2H3,(H,13,14). The molecule has 3 heteroatoms. The van der Waals surface area contributed by atoms with Crippen LogP contribution >= 0.6 is 0 Å². The number of benzene rings is 1. The smallest absolute Gasteiger partial charge is 0.251 e. The first-order valence-corrected chi connectivity index (χ1v) is 4.79. The quantitative estimate of drug-likeness (QED) is 0.751. The number of carbonyl (C=O) groups is 1. The highest BCUT2D eigenvalue weighted by atomic mass is 16.1. The number of hydrogen-bond donors (Lipinski definition) is 2. The van der Waals surface area contributed by atoms with Crippen molar-refractivity contribution in [2.24, 2.45) is 0 Å². The third-order valence-corrected chi connectivity index (χ3v) is 1.93. The van der Waals surface area contributed by atoms with Crippen LogP contribution < -0.4 is 10.6 Å². The van der Waals surface area contributed by atoms with Crippen LogP contribution in [0.15, 0.2) is 24.3 Å². The van der Waals surface area contributed by atoms with Crippen molar-refractivity contribution in [3.63, 3.8) is 0 Å². The maximum Gasteiger partial charge on any atom is 0.251 e. The van der Waals surface area contributed by atoms with Crippen molar-refractivity contribution in [1.29, 1.82) is 0 Å². The number of amides is 1. The Kier molecular flexibility index (Phi) is 4.13. The predicted octanol–water partition coefficient (Wildman–Crippen LogP) is 1.16. The zero-order valence-corrected chi connectivity index (χ0v) is 8.63. The Hall–Kier alpha value is -1.35. The van der Waals surface area contributed by atoms with Crippen LogP contribution in [0.3, 0.4) is 0 Å². The predicted molar refractivity (Wildman–Crippen MR) is 57.2 cm³/mol. The van der Waals surface area contributed by atoms with E-state index in [0.29, 0.717) is 12.1 Å². The molecule has 0 unspecified atom stereocenters. The molecule has 0 spiro atoms. The van der Waals surface area contributed by atoms with Gasteiger partial charge in [0.2, 0.25) is 0 Å². The summed E-state index contributed by atoms with van der Waals surface area (Å²) in [5, 5.41) is 5.82. The lowest BCUT2D eigenvalue weighted by molar-refractivity contribution is 0.0956. The molecule has 14 heavy (non-hydrogen) atoms. The summed E-state index contributed by atoms with van der Waals surface area (Å²) in [6.45, 7) is 3.40. The van der Waals surface area contributed by atoms with Crippen molar-refractivity contribution in [2.75, 3.05) is 13.6 Å². The van der Waals surface area contributed by atoms with Gasteiger partial charge in [-0.3, -0.25) is 4.79 Å². The zero-order chi connectivity index (χ0) is 10.4. The van der Waals surface area contributed by atoms with E-state index in [1.807, 2.05) is 38.2 Å². The van der Waals surface area contributed by atoms with Crippen LogP contribution in [0.2, 0.25) is 0 Å². The molecule has 1 aromatic rings. The summed E-state index contributed by atoms with van der Waals surface area (Å²) in [5.74, 6) is -0.0106. The van der Waals surface area contributed by atoms with E-state index in [4.69, 9.17) is 0 Å². The Labute approximate surface area is 84.5 Å². The summed E-state index contributed by atoms with van der Waals surface area (Å²) < 4.78 is 0. The molecule has 0 saturated heterocycles. The molecule has 0 aliphatic heterocycles. The van der Waals surface area contributed by atoms with Gasteiger partial charge in [-0.05, 0) is 31.7 Å². The topological polar surface area (TPSA) is 41.1 Å². The second kappa shape index (κ2) is 5.40. The van der Waals surface area contributed by atoms with E-state index in [1.165, 1.54) is 5.56 Å². The molecular formula is C11H16N2O. The maximum absolute atomic E-state index is 11.4. The molecule has 0 aliphatic rings. The fourth-order valence-corrected chi connectivity index (χ4v) is 1.24. The fraction of sp³-hybridized carbons (Fsp3) is 0.364. The van der Waals surface area contributed by atoms with Gasteiger partial charge in [0.25, 0.3) is 5.91 Å². The van der Waals surface area contributed by atoms with E-state index in [2.05, 4.69) is 10.6 Å². The van der Waals surface area contributed by atoms with Gasteiger partial charge in [-0.1, -0.05) is 12.1 Å². The van der Waals surface area contributed by atoms with Crippen LogP contribution in [0.1, 0.15) is 22.8 Å². The largest absolute Gasteiger partial charge is 0.352 e. The molecule has 0 aliphatic carbocycles. The Morgan fingerprint density at radius 2 is 1.93 bits per heavy atom. The lowest BCUT2D eigenvalue weighted by Crippen LogP contribution is -2.22. The van der Waals surface area contributed by atoms with Crippen LogP contribution in [0.4, 0.5) is 0 Å². The van der Waals surface area contributed by atoms with Gasteiger partial charge < -0.3 is 10.6 Å². The van der Waals surface area contributed by atoms with Crippen molar-refractivity contribution in [2.45, 2.75) is 13.5 Å². The minimum atomic E-state index is -0.0106. The molecule has 0 saturated carbocycles. The van der Waals surface area contributed by atoms with E-state index in [9.17, 15) is 4.79 Å². The van der Waals surface area contributed by atoms with E-state index in [-0.39, 0.29) is 5.91 Å². The van der Waals surface area contributed by atoms with Crippen LogP contribution in [0, 0.1) is 0 Å². The molecule has 0 bridgehead atoms. The van der Waals surface area contributed by atoms with E-state index in [1.54, 1.807) is 0 Å². The first-order valence-electron chi connectivity index (χ1n) is 4.79.